The molecule has 2 aromatic rings. The number of carboxylic acids is 1. The van der Waals surface area contributed by atoms with Crippen molar-refractivity contribution >= 4 is 31.9 Å². The van der Waals surface area contributed by atoms with Crippen molar-refractivity contribution in [2.24, 2.45) is 0 Å². The topological polar surface area (TPSA) is 92.7 Å². The summed E-state index contributed by atoms with van der Waals surface area (Å²) in [5.74, 6) is -1.59. The highest BCUT2D eigenvalue weighted by atomic mass is 79.9. The molecule has 156 valence electrons. The van der Waals surface area contributed by atoms with E-state index in [2.05, 4.69) is 25.4 Å². The van der Waals surface area contributed by atoms with Crippen LogP contribution in [0.25, 0.3) is 0 Å². The van der Waals surface area contributed by atoms with Gasteiger partial charge in [0.05, 0.1) is 16.9 Å². The Bertz CT molecular complexity index is 1010. The summed E-state index contributed by atoms with van der Waals surface area (Å²) in [6.45, 7) is -3.11. The summed E-state index contributed by atoms with van der Waals surface area (Å²) in [5, 5.41) is 9.12. The van der Waals surface area contributed by atoms with Crippen LogP contribution in [0.1, 0.15) is 30.4 Å². The summed E-state index contributed by atoms with van der Waals surface area (Å²) in [6.07, 6.45) is 1.37. The van der Waals surface area contributed by atoms with Crippen molar-refractivity contribution < 1.29 is 31.8 Å². The second-order valence-electron chi connectivity index (χ2n) is 6.77. The number of hydrogen-bond acceptors (Lipinski definition) is 4. The van der Waals surface area contributed by atoms with Gasteiger partial charge in [0.1, 0.15) is 5.75 Å². The maximum Gasteiger partial charge on any atom is 0.387 e. The van der Waals surface area contributed by atoms with Gasteiger partial charge < -0.3 is 9.84 Å². The predicted octanol–water partition coefficient (Wildman–Crippen LogP) is 4.04. The van der Waals surface area contributed by atoms with Crippen LogP contribution in [-0.4, -0.2) is 26.1 Å². The molecule has 1 saturated carbocycles. The van der Waals surface area contributed by atoms with Gasteiger partial charge in [-0.2, -0.15) is 8.78 Å². The molecule has 6 nitrogen and oxygen atoms in total. The lowest BCUT2D eigenvalue weighted by atomic mass is 9.73. The number of benzene rings is 2. The number of carbonyl (C=O) groups is 1. The molecule has 0 heterocycles. The molecule has 0 amide bonds. The van der Waals surface area contributed by atoms with Crippen LogP contribution in [0.3, 0.4) is 0 Å². The molecule has 0 radical (unpaired) electrons. The number of nitrogens with one attached hydrogen (secondary N) is 1. The zero-order chi connectivity index (χ0) is 21.2. The predicted molar refractivity (Wildman–Crippen MR) is 104 cm³/mol. The smallest absolute Gasteiger partial charge is 0.387 e. The summed E-state index contributed by atoms with van der Waals surface area (Å²) >= 11 is 3.35. The second-order valence-corrected chi connectivity index (χ2v) is 9.33. The van der Waals surface area contributed by atoms with E-state index < -0.39 is 34.6 Å². The summed E-state index contributed by atoms with van der Waals surface area (Å²) in [4.78, 5) is 10.9. The highest BCUT2D eigenvalue weighted by molar-refractivity contribution is 9.10. The third kappa shape index (κ3) is 4.93. The van der Waals surface area contributed by atoms with E-state index in [-0.39, 0.29) is 16.2 Å². The largest absolute Gasteiger partial charge is 0.481 e. The first kappa shape index (κ1) is 21.7. The minimum Gasteiger partial charge on any atom is -0.481 e. The maximum absolute atomic E-state index is 13.1. The number of sulfonamides is 1. The van der Waals surface area contributed by atoms with Crippen molar-refractivity contribution in [2.75, 3.05) is 0 Å². The molecule has 0 atom stereocenters. The lowest BCUT2D eigenvalue weighted by molar-refractivity contribution is -0.136. The molecule has 0 bridgehead atoms. The summed E-state index contributed by atoms with van der Waals surface area (Å²) in [5.41, 5.74) is -0.126. The first-order valence-electron chi connectivity index (χ1n) is 8.71. The Morgan fingerprint density at radius 3 is 2.38 bits per heavy atom. The van der Waals surface area contributed by atoms with Gasteiger partial charge in [0, 0.05) is 4.47 Å². The van der Waals surface area contributed by atoms with Gasteiger partial charge in [-0.05, 0) is 60.7 Å². The second kappa shape index (κ2) is 8.37. The molecule has 0 unspecified atom stereocenters. The van der Waals surface area contributed by atoms with Crippen LogP contribution in [0.4, 0.5) is 8.78 Å². The number of alkyl halides is 2. The van der Waals surface area contributed by atoms with Crippen molar-refractivity contribution in [3.8, 4) is 5.75 Å². The van der Waals surface area contributed by atoms with Crippen molar-refractivity contribution in [3.63, 3.8) is 0 Å². The van der Waals surface area contributed by atoms with E-state index in [1.807, 2.05) is 24.3 Å². The van der Waals surface area contributed by atoms with Gasteiger partial charge in [0.15, 0.2) is 0 Å². The van der Waals surface area contributed by atoms with E-state index in [4.69, 9.17) is 5.11 Å². The number of hydrogen-bond donors (Lipinski definition) is 2. The third-order valence-corrected chi connectivity index (χ3v) is 6.99. The fourth-order valence-electron chi connectivity index (χ4n) is 3.36. The zero-order valence-corrected chi connectivity index (χ0v) is 17.5. The van der Waals surface area contributed by atoms with E-state index in [0.29, 0.717) is 12.8 Å². The van der Waals surface area contributed by atoms with Crippen LogP contribution in [0.15, 0.2) is 51.8 Å². The Morgan fingerprint density at radius 1 is 1.21 bits per heavy atom. The van der Waals surface area contributed by atoms with Crippen molar-refractivity contribution in [1.82, 2.24) is 4.72 Å². The van der Waals surface area contributed by atoms with E-state index in [9.17, 15) is 22.0 Å². The lowest BCUT2D eigenvalue weighted by Gasteiger charge is -2.42. The molecule has 0 spiro atoms. The molecule has 1 aliphatic carbocycles. The van der Waals surface area contributed by atoms with Crippen LogP contribution >= 0.6 is 15.9 Å². The molecule has 1 fully saturated rings. The molecular formula is C19H18BrF2NO5S. The minimum atomic E-state index is -4.13. The first-order chi connectivity index (χ1) is 13.6. The van der Waals surface area contributed by atoms with Crippen molar-refractivity contribution in [1.29, 1.82) is 0 Å². The Hall–Kier alpha value is -2.04. The summed E-state index contributed by atoms with van der Waals surface area (Å²) in [6, 6.07) is 10.5. The fraction of sp³-hybridized carbons (Fsp3) is 0.316. The molecule has 3 rings (SSSR count). The van der Waals surface area contributed by atoms with E-state index in [1.54, 1.807) is 0 Å². The zero-order valence-electron chi connectivity index (χ0n) is 15.1. The van der Waals surface area contributed by atoms with E-state index in [1.165, 1.54) is 0 Å². The molecular weight excluding hydrogens is 472 g/mol. The maximum atomic E-state index is 13.1. The Morgan fingerprint density at radius 2 is 1.86 bits per heavy atom. The van der Waals surface area contributed by atoms with E-state index in [0.717, 1.165) is 34.7 Å². The number of halogens is 3. The molecule has 0 saturated heterocycles. The Labute approximate surface area is 175 Å². The average Bonchev–Trinajstić information content (AvgIpc) is 2.58. The highest BCUT2D eigenvalue weighted by Crippen LogP contribution is 2.43. The Balaban J connectivity index is 1.97. The SMILES string of the molecule is O=C(O)Cc1cc(OC(F)F)ccc1S(=O)(=O)NC1(c2ccc(Br)cc2)CCC1. The monoisotopic (exact) mass is 489 g/mol. The van der Waals surface area contributed by atoms with Gasteiger partial charge >= 0.3 is 12.6 Å². The normalized spacial score (nSPS) is 15.7. The molecule has 2 N–H and O–H groups in total. The molecule has 10 heteroatoms. The molecule has 0 aliphatic heterocycles. The van der Waals surface area contributed by atoms with Crippen molar-refractivity contribution in [3.05, 3.63) is 58.1 Å². The van der Waals surface area contributed by atoms with Crippen LogP contribution < -0.4 is 9.46 Å². The van der Waals surface area contributed by atoms with Gasteiger partial charge in [-0.3, -0.25) is 4.79 Å². The summed E-state index contributed by atoms with van der Waals surface area (Å²) < 4.78 is 59.0. The number of aliphatic carboxylic acids is 1. The third-order valence-electron chi connectivity index (χ3n) is 4.82. The van der Waals surface area contributed by atoms with Gasteiger partial charge in [-0.25, -0.2) is 13.1 Å². The average molecular weight is 490 g/mol. The number of rotatable bonds is 8. The van der Waals surface area contributed by atoms with Gasteiger partial charge in [0.25, 0.3) is 0 Å². The molecule has 29 heavy (non-hydrogen) atoms. The quantitative estimate of drug-likeness (QED) is 0.583. The highest BCUT2D eigenvalue weighted by Gasteiger charge is 2.42. The Kier molecular flexibility index (Phi) is 6.25. The fourth-order valence-corrected chi connectivity index (χ4v) is 5.29. The number of ether oxygens (including phenoxy) is 1. The standard InChI is InChI=1S/C19H18BrF2NO5S/c20-14-4-2-13(3-5-14)19(8-1-9-19)23-29(26,27)16-7-6-15(28-18(21)22)10-12(16)11-17(24)25/h2-7,10,18,23H,1,8-9,11H2,(H,24,25). The molecule has 1 aliphatic rings. The first-order valence-corrected chi connectivity index (χ1v) is 11.0. The van der Waals surface area contributed by atoms with Crippen LogP contribution in [0.2, 0.25) is 0 Å². The summed E-state index contributed by atoms with van der Waals surface area (Å²) in [7, 11) is -4.13. The van der Waals surface area contributed by atoms with Crippen molar-refractivity contribution in [2.45, 2.75) is 42.7 Å². The molecule has 2 aromatic carbocycles. The van der Waals surface area contributed by atoms with Gasteiger partial charge in [-0.1, -0.05) is 28.1 Å². The van der Waals surface area contributed by atoms with Crippen LogP contribution in [0.5, 0.6) is 5.75 Å². The van der Waals surface area contributed by atoms with Crippen LogP contribution in [-0.2, 0) is 26.8 Å². The number of carboxylic acid groups (broad SMARTS) is 1. The van der Waals surface area contributed by atoms with Gasteiger partial charge in [-0.15, -0.1) is 0 Å². The van der Waals surface area contributed by atoms with Crippen LogP contribution in [0, 0.1) is 0 Å². The lowest BCUT2D eigenvalue weighted by Crippen LogP contribution is -2.50. The minimum absolute atomic E-state index is 0.131. The van der Waals surface area contributed by atoms with E-state index >= 15 is 0 Å². The van der Waals surface area contributed by atoms with Gasteiger partial charge in [0.2, 0.25) is 10.0 Å². The molecule has 0 aromatic heterocycles.